The molecule has 0 aromatic carbocycles. The minimum absolute atomic E-state index is 0.178. The van der Waals surface area contributed by atoms with Gasteiger partial charge in [0.05, 0.1) is 0 Å². The fourth-order valence-electron chi connectivity index (χ4n) is 1.23. The van der Waals surface area contributed by atoms with Gasteiger partial charge in [-0.1, -0.05) is 0 Å². The monoisotopic (exact) mass is 283 g/mol. The van der Waals surface area contributed by atoms with Gasteiger partial charge in [0.25, 0.3) is 0 Å². The number of nitrogens with zero attached hydrogens (tertiary/aromatic N) is 2. The minimum Gasteiger partial charge on any atom is -0.465 e. The highest BCUT2D eigenvalue weighted by molar-refractivity contribution is 9.10. The highest BCUT2D eigenvalue weighted by atomic mass is 79.9. The number of methoxy groups -OCH3 is 1. The van der Waals surface area contributed by atoms with E-state index in [2.05, 4.69) is 30.9 Å². The molecule has 0 spiro atoms. The third-order valence-electron chi connectivity index (χ3n) is 1.88. The summed E-state index contributed by atoms with van der Waals surface area (Å²) in [6, 6.07) is 3.62. The van der Waals surface area contributed by atoms with Crippen LogP contribution in [-0.2, 0) is 4.74 Å². The van der Waals surface area contributed by atoms with Crippen molar-refractivity contribution in [3.05, 3.63) is 29.1 Å². The number of nitrogens with one attached hydrogen (secondary N) is 1. The van der Waals surface area contributed by atoms with Gasteiger partial charge in [0, 0.05) is 19.5 Å². The highest BCUT2D eigenvalue weighted by Gasteiger charge is 2.10. The Labute approximate surface area is 101 Å². The van der Waals surface area contributed by atoms with E-state index in [9.17, 15) is 0 Å². The van der Waals surface area contributed by atoms with Gasteiger partial charge < -0.3 is 14.5 Å². The number of hydrogen-bond acceptors (Lipinski definition) is 4. The zero-order valence-corrected chi connectivity index (χ0v) is 10.2. The summed E-state index contributed by atoms with van der Waals surface area (Å²) in [4.78, 5) is 11.4. The van der Waals surface area contributed by atoms with E-state index >= 15 is 0 Å². The SMILES string of the molecule is COCOc1ccc(Br)nc1-c1ncc[nH]1. The molecule has 0 saturated carbocycles. The molecule has 0 unspecified atom stereocenters. The van der Waals surface area contributed by atoms with Crippen LogP contribution in [0.25, 0.3) is 11.5 Å². The maximum absolute atomic E-state index is 5.40. The molecule has 0 radical (unpaired) electrons. The Morgan fingerprint density at radius 3 is 3.00 bits per heavy atom. The Balaban J connectivity index is 2.37. The largest absolute Gasteiger partial charge is 0.465 e. The summed E-state index contributed by atoms with van der Waals surface area (Å²) >= 11 is 3.31. The van der Waals surface area contributed by atoms with Crippen LogP contribution in [0.5, 0.6) is 5.75 Å². The van der Waals surface area contributed by atoms with Crippen molar-refractivity contribution < 1.29 is 9.47 Å². The summed E-state index contributed by atoms with van der Waals surface area (Å²) in [6.45, 7) is 0.178. The molecule has 0 bridgehead atoms. The summed E-state index contributed by atoms with van der Waals surface area (Å²) in [6.07, 6.45) is 3.40. The third kappa shape index (κ3) is 2.40. The molecular weight excluding hydrogens is 274 g/mol. The molecule has 2 aromatic heterocycles. The van der Waals surface area contributed by atoms with Crippen LogP contribution in [0.1, 0.15) is 0 Å². The van der Waals surface area contributed by atoms with Crippen LogP contribution in [-0.4, -0.2) is 28.9 Å². The van der Waals surface area contributed by atoms with Crippen LogP contribution in [0.15, 0.2) is 29.1 Å². The highest BCUT2D eigenvalue weighted by Crippen LogP contribution is 2.27. The number of aromatic nitrogens is 3. The molecule has 6 heteroatoms. The van der Waals surface area contributed by atoms with Crippen molar-refractivity contribution in [2.45, 2.75) is 0 Å². The second kappa shape index (κ2) is 5.09. The van der Waals surface area contributed by atoms with Crippen molar-refractivity contribution in [2.75, 3.05) is 13.9 Å². The zero-order valence-electron chi connectivity index (χ0n) is 8.61. The normalized spacial score (nSPS) is 10.4. The second-order valence-corrected chi connectivity index (χ2v) is 3.78. The molecule has 16 heavy (non-hydrogen) atoms. The van der Waals surface area contributed by atoms with Gasteiger partial charge in [-0.2, -0.15) is 0 Å². The molecule has 84 valence electrons. The second-order valence-electron chi connectivity index (χ2n) is 2.97. The number of H-pyrrole nitrogens is 1. The van der Waals surface area contributed by atoms with Gasteiger partial charge >= 0.3 is 0 Å². The Hall–Kier alpha value is -1.40. The molecule has 2 rings (SSSR count). The smallest absolute Gasteiger partial charge is 0.188 e. The lowest BCUT2D eigenvalue weighted by Crippen LogP contribution is -2.01. The molecule has 2 heterocycles. The molecule has 1 N–H and O–H groups in total. The Morgan fingerprint density at radius 1 is 1.44 bits per heavy atom. The molecule has 0 atom stereocenters. The van der Waals surface area contributed by atoms with Crippen LogP contribution in [0.2, 0.25) is 0 Å². The molecule has 0 aliphatic rings. The molecule has 0 aliphatic heterocycles. The Kier molecular flexibility index (Phi) is 3.53. The van der Waals surface area contributed by atoms with Crippen LogP contribution in [0.3, 0.4) is 0 Å². The maximum Gasteiger partial charge on any atom is 0.188 e. The fourth-order valence-corrected chi connectivity index (χ4v) is 1.54. The first-order valence-corrected chi connectivity index (χ1v) is 5.38. The van der Waals surface area contributed by atoms with Crippen LogP contribution in [0.4, 0.5) is 0 Å². The van der Waals surface area contributed by atoms with Gasteiger partial charge in [-0.05, 0) is 28.1 Å². The van der Waals surface area contributed by atoms with Crippen LogP contribution >= 0.6 is 15.9 Å². The van der Waals surface area contributed by atoms with E-state index in [1.165, 1.54) is 0 Å². The third-order valence-corrected chi connectivity index (χ3v) is 2.32. The van der Waals surface area contributed by atoms with Crippen molar-refractivity contribution in [1.82, 2.24) is 15.0 Å². The predicted octanol–water partition coefficient (Wildman–Crippen LogP) is 2.22. The van der Waals surface area contributed by atoms with Gasteiger partial charge in [-0.25, -0.2) is 9.97 Å². The summed E-state index contributed by atoms with van der Waals surface area (Å²) in [5.74, 6) is 1.28. The van der Waals surface area contributed by atoms with Crippen molar-refractivity contribution in [2.24, 2.45) is 0 Å². The first-order chi connectivity index (χ1) is 7.81. The average molecular weight is 284 g/mol. The van der Waals surface area contributed by atoms with Crippen LogP contribution in [0, 0.1) is 0 Å². The van der Waals surface area contributed by atoms with E-state index in [1.807, 2.05) is 6.07 Å². The van der Waals surface area contributed by atoms with Gasteiger partial charge in [-0.15, -0.1) is 0 Å². The molecule has 0 amide bonds. The first kappa shape index (κ1) is 11.1. The number of ether oxygens (including phenoxy) is 2. The number of imidazole rings is 1. The number of halogens is 1. The van der Waals surface area contributed by atoms with Crippen molar-refractivity contribution >= 4 is 15.9 Å². The topological polar surface area (TPSA) is 60.0 Å². The van der Waals surface area contributed by atoms with E-state index in [0.717, 1.165) is 4.60 Å². The van der Waals surface area contributed by atoms with E-state index in [1.54, 1.807) is 25.6 Å². The van der Waals surface area contributed by atoms with E-state index in [0.29, 0.717) is 17.3 Å². The molecule has 0 aliphatic carbocycles. The zero-order chi connectivity index (χ0) is 11.4. The van der Waals surface area contributed by atoms with Crippen molar-refractivity contribution in [3.63, 3.8) is 0 Å². The van der Waals surface area contributed by atoms with Crippen LogP contribution < -0.4 is 4.74 Å². The van der Waals surface area contributed by atoms with E-state index < -0.39 is 0 Å². The molecule has 5 nitrogen and oxygen atoms in total. The minimum atomic E-state index is 0.178. The summed E-state index contributed by atoms with van der Waals surface area (Å²) in [7, 11) is 1.57. The lowest BCUT2D eigenvalue weighted by Gasteiger charge is -2.08. The van der Waals surface area contributed by atoms with E-state index in [4.69, 9.17) is 9.47 Å². The van der Waals surface area contributed by atoms with Crippen molar-refractivity contribution in [1.29, 1.82) is 0 Å². The molecule has 0 saturated heterocycles. The lowest BCUT2D eigenvalue weighted by atomic mass is 10.3. The quantitative estimate of drug-likeness (QED) is 0.690. The van der Waals surface area contributed by atoms with Gasteiger partial charge in [0.15, 0.2) is 18.4 Å². The fraction of sp³-hybridized carbons (Fsp3) is 0.200. The van der Waals surface area contributed by atoms with Crippen molar-refractivity contribution in [3.8, 4) is 17.3 Å². The van der Waals surface area contributed by atoms with Gasteiger partial charge in [-0.3, -0.25) is 0 Å². The van der Waals surface area contributed by atoms with E-state index in [-0.39, 0.29) is 6.79 Å². The lowest BCUT2D eigenvalue weighted by molar-refractivity contribution is 0.0512. The Morgan fingerprint density at radius 2 is 2.31 bits per heavy atom. The Bertz CT molecular complexity index is 459. The van der Waals surface area contributed by atoms with Gasteiger partial charge in [0.2, 0.25) is 0 Å². The standard InChI is InChI=1S/C10H10BrN3O2/c1-15-6-16-7-2-3-8(11)14-9(7)10-12-4-5-13-10/h2-5H,6H2,1H3,(H,12,13). The number of aromatic amines is 1. The molecule has 2 aromatic rings. The molecular formula is C10H10BrN3O2. The predicted molar refractivity (Wildman–Crippen MR) is 62.0 cm³/mol. The summed E-state index contributed by atoms with van der Waals surface area (Å²) in [5.41, 5.74) is 0.649. The maximum atomic E-state index is 5.40. The summed E-state index contributed by atoms with van der Waals surface area (Å²) < 4.78 is 11.0. The summed E-state index contributed by atoms with van der Waals surface area (Å²) in [5, 5.41) is 0. The first-order valence-electron chi connectivity index (χ1n) is 4.59. The number of pyridine rings is 1. The molecule has 0 fully saturated rings. The van der Waals surface area contributed by atoms with Gasteiger partial charge in [0.1, 0.15) is 10.3 Å². The number of rotatable bonds is 4. The number of hydrogen-bond donors (Lipinski definition) is 1. The average Bonchev–Trinajstić information content (AvgIpc) is 2.80.